The summed E-state index contributed by atoms with van der Waals surface area (Å²) in [4.78, 5) is 16.8. The number of Topliss-reactive ketones (excluding diaryl/α,β-unsaturated/α-hetero) is 1. The molecule has 1 aliphatic heterocycles. The average Bonchev–Trinajstić information content (AvgIpc) is 2.89. The molecule has 0 N–H and O–H groups in total. The topological polar surface area (TPSA) is 42.0 Å². The first-order valence-corrected chi connectivity index (χ1v) is 12.2. The Morgan fingerprint density at radius 3 is 1.75 bits per heavy atom. The first-order valence-electron chi connectivity index (χ1n) is 12.2. The highest BCUT2D eigenvalue weighted by molar-refractivity contribution is 5.82. The van der Waals surface area contributed by atoms with Gasteiger partial charge in [0.1, 0.15) is 11.6 Å². The number of nitrogens with zero attached hydrogens (tertiary/aromatic N) is 2. The molecule has 5 nitrogen and oxygen atoms in total. The maximum absolute atomic E-state index is 13.3. The van der Waals surface area contributed by atoms with Crippen molar-refractivity contribution in [3.8, 4) is 0 Å². The van der Waals surface area contributed by atoms with Crippen molar-refractivity contribution in [2.45, 2.75) is 32.5 Å². The lowest BCUT2D eigenvalue weighted by Crippen LogP contribution is -2.58. The second-order valence-corrected chi connectivity index (χ2v) is 9.19. The maximum atomic E-state index is 13.3. The molecule has 1 saturated heterocycles. The molecule has 7 heteroatoms. The highest BCUT2D eigenvalue weighted by Crippen LogP contribution is 2.25. The fourth-order valence-corrected chi connectivity index (χ4v) is 4.26. The summed E-state index contributed by atoms with van der Waals surface area (Å²) in [6.07, 6.45) is 0.431. The van der Waals surface area contributed by atoms with E-state index in [4.69, 9.17) is 9.47 Å². The van der Waals surface area contributed by atoms with Gasteiger partial charge in [0.25, 0.3) is 0 Å². The number of halogens is 2. The zero-order chi connectivity index (χ0) is 25.4. The summed E-state index contributed by atoms with van der Waals surface area (Å²) < 4.78 is 39.1. The second kappa shape index (κ2) is 12.3. The molecule has 0 amide bonds. The number of benzene rings is 3. The number of rotatable bonds is 11. The van der Waals surface area contributed by atoms with Crippen LogP contribution >= 0.6 is 0 Å². The predicted molar refractivity (Wildman–Crippen MR) is 134 cm³/mol. The summed E-state index contributed by atoms with van der Waals surface area (Å²) in [5.41, 5.74) is 2.69. The van der Waals surface area contributed by atoms with E-state index in [1.807, 2.05) is 37.3 Å². The zero-order valence-corrected chi connectivity index (χ0v) is 20.5. The SMILES string of the molecule is CC(OCc1ccc(F)cc1)(OCc1ccc(F)cc1)N1CCN(CC(=O)Cc2ccccc2)CC1. The van der Waals surface area contributed by atoms with Crippen molar-refractivity contribution in [2.24, 2.45) is 0 Å². The van der Waals surface area contributed by atoms with Crippen LogP contribution in [0.3, 0.4) is 0 Å². The number of piperazine rings is 1. The van der Waals surface area contributed by atoms with Crippen molar-refractivity contribution in [3.05, 3.63) is 107 Å². The Morgan fingerprint density at radius 1 is 0.750 bits per heavy atom. The fraction of sp³-hybridized carbons (Fsp3) is 0.345. The van der Waals surface area contributed by atoms with Gasteiger partial charge in [0, 0.05) is 39.5 Å². The van der Waals surface area contributed by atoms with Gasteiger partial charge in [0.05, 0.1) is 19.8 Å². The molecule has 0 bridgehead atoms. The Labute approximate surface area is 211 Å². The van der Waals surface area contributed by atoms with E-state index in [0.29, 0.717) is 39.1 Å². The van der Waals surface area contributed by atoms with Gasteiger partial charge in [0.15, 0.2) is 5.78 Å². The number of carbonyl (C=O) groups is 1. The predicted octanol–water partition coefficient (Wildman–Crippen LogP) is 4.80. The summed E-state index contributed by atoms with van der Waals surface area (Å²) >= 11 is 0. The fourth-order valence-electron chi connectivity index (χ4n) is 4.26. The third kappa shape index (κ3) is 7.51. The van der Waals surface area contributed by atoms with Gasteiger partial charge >= 0.3 is 0 Å². The van der Waals surface area contributed by atoms with Crippen molar-refractivity contribution in [1.29, 1.82) is 0 Å². The van der Waals surface area contributed by atoms with Gasteiger partial charge in [-0.25, -0.2) is 8.78 Å². The minimum Gasteiger partial charge on any atom is -0.333 e. The van der Waals surface area contributed by atoms with Gasteiger partial charge in [-0.15, -0.1) is 0 Å². The molecule has 1 aliphatic rings. The van der Waals surface area contributed by atoms with Crippen LogP contribution in [0, 0.1) is 11.6 Å². The van der Waals surface area contributed by atoms with Gasteiger partial charge in [-0.2, -0.15) is 0 Å². The first-order chi connectivity index (χ1) is 17.4. The van der Waals surface area contributed by atoms with E-state index in [1.54, 1.807) is 24.3 Å². The maximum Gasteiger partial charge on any atom is 0.227 e. The van der Waals surface area contributed by atoms with E-state index >= 15 is 0 Å². The molecular formula is C29H32F2N2O3. The molecule has 1 fully saturated rings. The molecule has 1 heterocycles. The monoisotopic (exact) mass is 494 g/mol. The molecule has 190 valence electrons. The Bertz CT molecular complexity index is 1050. The van der Waals surface area contributed by atoms with Crippen LogP contribution in [0.15, 0.2) is 78.9 Å². The van der Waals surface area contributed by atoms with Crippen molar-refractivity contribution >= 4 is 5.78 Å². The highest BCUT2D eigenvalue weighted by Gasteiger charge is 2.36. The third-order valence-electron chi connectivity index (χ3n) is 6.43. The van der Waals surface area contributed by atoms with Crippen LogP contribution in [0.4, 0.5) is 8.78 Å². The Hall–Kier alpha value is -2.97. The normalized spacial score (nSPS) is 15.2. The van der Waals surface area contributed by atoms with Crippen LogP contribution in [0.1, 0.15) is 23.6 Å². The summed E-state index contributed by atoms with van der Waals surface area (Å²) in [6, 6.07) is 22.1. The number of carbonyl (C=O) groups excluding carboxylic acids is 1. The van der Waals surface area contributed by atoms with Crippen molar-refractivity contribution < 1.29 is 23.0 Å². The molecule has 0 radical (unpaired) electrons. The van der Waals surface area contributed by atoms with E-state index in [2.05, 4.69) is 9.80 Å². The molecule has 0 aromatic heterocycles. The van der Waals surface area contributed by atoms with Crippen LogP contribution < -0.4 is 0 Å². The third-order valence-corrected chi connectivity index (χ3v) is 6.43. The molecular weight excluding hydrogens is 462 g/mol. The first kappa shape index (κ1) is 26.1. The van der Waals surface area contributed by atoms with Crippen molar-refractivity contribution in [2.75, 3.05) is 32.7 Å². The zero-order valence-electron chi connectivity index (χ0n) is 20.5. The highest BCUT2D eigenvalue weighted by atomic mass is 19.1. The lowest BCUT2D eigenvalue weighted by molar-refractivity contribution is -0.322. The van der Waals surface area contributed by atoms with Crippen LogP contribution in [-0.4, -0.2) is 54.2 Å². The summed E-state index contributed by atoms with van der Waals surface area (Å²) in [5.74, 6) is -1.46. The van der Waals surface area contributed by atoms with Gasteiger partial charge in [-0.3, -0.25) is 14.6 Å². The number of ether oxygens (including phenoxy) is 2. The Balaban J connectivity index is 1.36. The standard InChI is InChI=1S/C29H32F2N2O3/c1-29(35-21-24-7-11-26(30)12-8-24,36-22-25-9-13-27(31)14-10-25)33-17-15-32(16-18-33)20-28(34)19-23-5-3-2-4-6-23/h2-14H,15-22H2,1H3. The summed E-state index contributed by atoms with van der Waals surface area (Å²) in [7, 11) is 0. The van der Waals surface area contributed by atoms with Crippen molar-refractivity contribution in [1.82, 2.24) is 9.80 Å². The van der Waals surface area contributed by atoms with Crippen LogP contribution in [0.25, 0.3) is 0 Å². The average molecular weight is 495 g/mol. The molecule has 0 atom stereocenters. The van der Waals surface area contributed by atoms with Crippen molar-refractivity contribution in [3.63, 3.8) is 0 Å². The van der Waals surface area contributed by atoms with Gasteiger partial charge < -0.3 is 9.47 Å². The smallest absolute Gasteiger partial charge is 0.227 e. The minimum atomic E-state index is -1.05. The lowest BCUT2D eigenvalue weighted by Gasteiger charge is -2.44. The molecule has 4 rings (SSSR count). The number of ketones is 1. The Morgan fingerprint density at radius 2 is 1.25 bits per heavy atom. The van der Waals surface area contributed by atoms with Gasteiger partial charge in [-0.1, -0.05) is 54.6 Å². The number of hydrogen-bond acceptors (Lipinski definition) is 5. The van der Waals surface area contributed by atoms with E-state index in [0.717, 1.165) is 16.7 Å². The quantitative estimate of drug-likeness (QED) is 0.358. The van der Waals surface area contributed by atoms with Crippen LogP contribution in [0.5, 0.6) is 0 Å². The second-order valence-electron chi connectivity index (χ2n) is 9.19. The molecule has 0 unspecified atom stereocenters. The summed E-state index contributed by atoms with van der Waals surface area (Å²) in [5, 5.41) is 0. The molecule has 36 heavy (non-hydrogen) atoms. The minimum absolute atomic E-state index is 0.192. The van der Waals surface area contributed by atoms with E-state index in [-0.39, 0.29) is 30.6 Å². The van der Waals surface area contributed by atoms with E-state index in [9.17, 15) is 13.6 Å². The molecule has 3 aromatic carbocycles. The lowest BCUT2D eigenvalue weighted by atomic mass is 10.1. The molecule has 0 saturated carbocycles. The van der Waals surface area contributed by atoms with Gasteiger partial charge in [-0.05, 0) is 41.0 Å². The molecule has 0 aliphatic carbocycles. The van der Waals surface area contributed by atoms with E-state index < -0.39 is 5.91 Å². The molecule has 0 spiro atoms. The number of hydrogen-bond donors (Lipinski definition) is 0. The van der Waals surface area contributed by atoms with Crippen LogP contribution in [0.2, 0.25) is 0 Å². The van der Waals surface area contributed by atoms with E-state index in [1.165, 1.54) is 24.3 Å². The molecule has 3 aromatic rings. The van der Waals surface area contributed by atoms with Gasteiger partial charge in [0.2, 0.25) is 5.91 Å². The summed E-state index contributed by atoms with van der Waals surface area (Å²) in [6.45, 7) is 5.49. The Kier molecular flexibility index (Phi) is 8.93. The van der Waals surface area contributed by atoms with Crippen LogP contribution in [-0.2, 0) is 33.9 Å². The largest absolute Gasteiger partial charge is 0.333 e.